The van der Waals surface area contributed by atoms with E-state index in [4.69, 9.17) is 5.73 Å². The highest BCUT2D eigenvalue weighted by Crippen LogP contribution is 2.15. The molecule has 1 amide bonds. The van der Waals surface area contributed by atoms with Gasteiger partial charge in [-0.1, -0.05) is 18.2 Å². The van der Waals surface area contributed by atoms with Crippen molar-refractivity contribution in [2.75, 3.05) is 13.1 Å². The van der Waals surface area contributed by atoms with Gasteiger partial charge in [-0.2, -0.15) is 5.10 Å². The van der Waals surface area contributed by atoms with Crippen LogP contribution in [0, 0.1) is 0 Å². The highest BCUT2D eigenvalue weighted by atomic mass is 19.3. The van der Waals surface area contributed by atoms with Crippen molar-refractivity contribution >= 4 is 16.8 Å². The number of aromatic amines is 1. The summed E-state index contributed by atoms with van der Waals surface area (Å²) >= 11 is 0. The van der Waals surface area contributed by atoms with Crippen LogP contribution in [0.3, 0.4) is 0 Å². The Morgan fingerprint density at radius 3 is 2.89 bits per heavy atom. The molecule has 0 aliphatic carbocycles. The zero-order chi connectivity index (χ0) is 13.2. The zero-order valence-electron chi connectivity index (χ0n) is 9.41. The standard InChI is InChI=1S/C11H12F2N4O/c12-11(13,5-14)6-15-10(18)9-7-3-1-2-4-8(7)16-17-9/h1-4H,5-6,14H2,(H,15,18)(H,16,17). The molecule has 4 N–H and O–H groups in total. The minimum atomic E-state index is -3.11. The number of fused-ring (bicyclic) bond motifs is 1. The van der Waals surface area contributed by atoms with Gasteiger partial charge in [0.05, 0.1) is 18.6 Å². The van der Waals surface area contributed by atoms with Crippen molar-refractivity contribution in [1.29, 1.82) is 0 Å². The maximum atomic E-state index is 12.9. The molecule has 0 aliphatic heterocycles. The lowest BCUT2D eigenvalue weighted by Gasteiger charge is -2.13. The van der Waals surface area contributed by atoms with Crippen molar-refractivity contribution in [2.24, 2.45) is 5.73 Å². The largest absolute Gasteiger partial charge is 0.345 e. The van der Waals surface area contributed by atoms with E-state index >= 15 is 0 Å². The van der Waals surface area contributed by atoms with Crippen molar-refractivity contribution in [1.82, 2.24) is 15.5 Å². The van der Waals surface area contributed by atoms with Gasteiger partial charge in [0, 0.05) is 5.39 Å². The van der Waals surface area contributed by atoms with Gasteiger partial charge in [0.25, 0.3) is 11.8 Å². The SMILES string of the molecule is NCC(F)(F)CNC(=O)c1n[nH]c2ccccc12. The third kappa shape index (κ3) is 2.45. The number of hydrogen-bond acceptors (Lipinski definition) is 3. The molecular formula is C11H12F2N4O. The molecular weight excluding hydrogens is 242 g/mol. The van der Waals surface area contributed by atoms with Crippen LogP contribution in [-0.4, -0.2) is 35.1 Å². The topological polar surface area (TPSA) is 83.8 Å². The smallest absolute Gasteiger partial charge is 0.277 e. The number of rotatable bonds is 4. The van der Waals surface area contributed by atoms with Gasteiger partial charge in [-0.25, -0.2) is 8.78 Å². The van der Waals surface area contributed by atoms with E-state index in [1.165, 1.54) is 0 Å². The van der Waals surface area contributed by atoms with E-state index in [0.29, 0.717) is 10.9 Å². The van der Waals surface area contributed by atoms with Crippen LogP contribution in [-0.2, 0) is 0 Å². The highest BCUT2D eigenvalue weighted by Gasteiger charge is 2.28. The van der Waals surface area contributed by atoms with E-state index in [1.807, 2.05) is 0 Å². The van der Waals surface area contributed by atoms with Crippen molar-refractivity contribution in [3.8, 4) is 0 Å². The van der Waals surface area contributed by atoms with Gasteiger partial charge in [-0.3, -0.25) is 9.89 Å². The Bertz CT molecular complexity index is 567. The number of halogens is 2. The summed E-state index contributed by atoms with van der Waals surface area (Å²) in [4.78, 5) is 11.7. The Labute approximate surface area is 101 Å². The number of nitrogens with one attached hydrogen (secondary N) is 2. The van der Waals surface area contributed by atoms with Gasteiger partial charge in [0.1, 0.15) is 0 Å². The van der Waals surface area contributed by atoms with Crippen molar-refractivity contribution in [3.05, 3.63) is 30.0 Å². The van der Waals surface area contributed by atoms with Crippen LogP contribution in [0.4, 0.5) is 8.78 Å². The molecule has 0 atom stereocenters. The molecule has 2 rings (SSSR count). The molecule has 1 aromatic carbocycles. The van der Waals surface area contributed by atoms with Gasteiger partial charge in [-0.05, 0) is 6.07 Å². The molecule has 1 heterocycles. The third-order valence-electron chi connectivity index (χ3n) is 2.49. The number of para-hydroxylation sites is 1. The Kier molecular flexibility index (Phi) is 3.24. The summed E-state index contributed by atoms with van der Waals surface area (Å²) in [6.07, 6.45) is 0. The maximum Gasteiger partial charge on any atom is 0.277 e. The average Bonchev–Trinajstić information content (AvgIpc) is 2.80. The Hall–Kier alpha value is -2.02. The summed E-state index contributed by atoms with van der Waals surface area (Å²) in [5.41, 5.74) is 5.65. The van der Waals surface area contributed by atoms with Gasteiger partial charge in [0.15, 0.2) is 5.69 Å². The highest BCUT2D eigenvalue weighted by molar-refractivity contribution is 6.04. The van der Waals surface area contributed by atoms with Crippen LogP contribution < -0.4 is 11.1 Å². The van der Waals surface area contributed by atoms with E-state index in [-0.39, 0.29) is 5.69 Å². The van der Waals surface area contributed by atoms with Crippen LogP contribution in [0.25, 0.3) is 10.9 Å². The number of H-pyrrole nitrogens is 1. The molecule has 7 heteroatoms. The first-order chi connectivity index (χ1) is 8.53. The van der Waals surface area contributed by atoms with E-state index in [0.717, 1.165) is 0 Å². The normalized spacial score (nSPS) is 11.7. The van der Waals surface area contributed by atoms with Crippen molar-refractivity contribution < 1.29 is 13.6 Å². The number of benzene rings is 1. The Morgan fingerprint density at radius 2 is 2.17 bits per heavy atom. The fourth-order valence-electron chi connectivity index (χ4n) is 1.50. The summed E-state index contributed by atoms with van der Waals surface area (Å²) < 4.78 is 25.8. The van der Waals surface area contributed by atoms with E-state index in [1.54, 1.807) is 24.3 Å². The van der Waals surface area contributed by atoms with Crippen molar-refractivity contribution in [2.45, 2.75) is 5.92 Å². The molecule has 0 radical (unpaired) electrons. The number of amides is 1. The zero-order valence-corrected chi connectivity index (χ0v) is 9.41. The number of nitrogens with zero attached hydrogens (tertiary/aromatic N) is 1. The van der Waals surface area contributed by atoms with Crippen LogP contribution in [0.5, 0.6) is 0 Å². The molecule has 18 heavy (non-hydrogen) atoms. The van der Waals surface area contributed by atoms with Gasteiger partial charge in [-0.15, -0.1) is 0 Å². The molecule has 0 unspecified atom stereocenters. The van der Waals surface area contributed by atoms with Gasteiger partial charge >= 0.3 is 0 Å². The van der Waals surface area contributed by atoms with Crippen LogP contribution in [0.2, 0.25) is 0 Å². The summed E-state index contributed by atoms with van der Waals surface area (Å²) in [5.74, 6) is -3.76. The van der Waals surface area contributed by atoms with Gasteiger partial charge in [0.2, 0.25) is 0 Å². The Balaban J connectivity index is 2.14. The molecule has 0 aliphatic rings. The molecule has 0 bridgehead atoms. The molecule has 0 saturated heterocycles. The summed E-state index contributed by atoms with van der Waals surface area (Å²) in [6.45, 7) is -1.61. The average molecular weight is 254 g/mol. The molecule has 2 aromatic rings. The quantitative estimate of drug-likeness (QED) is 0.757. The number of carbonyl (C=O) groups is 1. The number of aromatic nitrogens is 2. The van der Waals surface area contributed by atoms with Gasteiger partial charge < -0.3 is 11.1 Å². The summed E-state index contributed by atoms with van der Waals surface area (Å²) in [6, 6.07) is 6.95. The van der Waals surface area contributed by atoms with Crippen LogP contribution in [0.15, 0.2) is 24.3 Å². The fourth-order valence-corrected chi connectivity index (χ4v) is 1.50. The van der Waals surface area contributed by atoms with E-state index < -0.39 is 24.9 Å². The second-order valence-corrected chi connectivity index (χ2v) is 3.86. The number of alkyl halides is 2. The predicted molar refractivity (Wildman–Crippen MR) is 62.4 cm³/mol. The molecule has 5 nitrogen and oxygen atoms in total. The monoisotopic (exact) mass is 254 g/mol. The van der Waals surface area contributed by atoms with E-state index in [2.05, 4.69) is 15.5 Å². The molecule has 0 saturated carbocycles. The molecule has 1 aromatic heterocycles. The first kappa shape index (κ1) is 12.4. The number of carbonyl (C=O) groups excluding carboxylic acids is 1. The van der Waals surface area contributed by atoms with Crippen LogP contribution in [0.1, 0.15) is 10.5 Å². The second-order valence-electron chi connectivity index (χ2n) is 3.86. The lowest BCUT2D eigenvalue weighted by Crippen LogP contribution is -2.41. The molecule has 96 valence electrons. The fraction of sp³-hybridized carbons (Fsp3) is 0.273. The first-order valence-electron chi connectivity index (χ1n) is 5.33. The molecule has 0 fully saturated rings. The predicted octanol–water partition coefficient (Wildman–Crippen LogP) is 0.887. The number of hydrogen-bond donors (Lipinski definition) is 3. The maximum absolute atomic E-state index is 12.9. The first-order valence-corrected chi connectivity index (χ1v) is 5.33. The minimum Gasteiger partial charge on any atom is -0.345 e. The molecule has 0 spiro atoms. The summed E-state index contributed by atoms with van der Waals surface area (Å²) in [7, 11) is 0. The van der Waals surface area contributed by atoms with E-state index in [9.17, 15) is 13.6 Å². The summed E-state index contributed by atoms with van der Waals surface area (Å²) in [5, 5.41) is 9.17. The Morgan fingerprint density at radius 1 is 1.44 bits per heavy atom. The third-order valence-corrected chi connectivity index (χ3v) is 2.49. The van der Waals surface area contributed by atoms with Crippen molar-refractivity contribution in [3.63, 3.8) is 0 Å². The number of nitrogens with two attached hydrogens (primary N) is 1. The lowest BCUT2D eigenvalue weighted by molar-refractivity contribution is 0.0118. The minimum absolute atomic E-state index is 0.0958. The lowest BCUT2D eigenvalue weighted by atomic mass is 10.2. The van der Waals surface area contributed by atoms with Crippen LogP contribution >= 0.6 is 0 Å². The second kappa shape index (κ2) is 4.69.